The Bertz CT molecular complexity index is 953. The molecule has 7 heteroatoms. The van der Waals surface area contributed by atoms with Crippen LogP contribution in [0.2, 0.25) is 0 Å². The van der Waals surface area contributed by atoms with Crippen molar-refractivity contribution in [2.45, 2.75) is 26.3 Å². The van der Waals surface area contributed by atoms with E-state index in [1.807, 2.05) is 29.7 Å². The summed E-state index contributed by atoms with van der Waals surface area (Å²) in [5.41, 5.74) is 1.24. The molecule has 0 fully saturated rings. The number of H-pyrrole nitrogens is 1. The zero-order valence-electron chi connectivity index (χ0n) is 13.9. The van der Waals surface area contributed by atoms with Gasteiger partial charge < -0.3 is 9.88 Å². The number of nitrogens with one attached hydrogen (secondary N) is 2. The standard InChI is InChI=1S/C17H21N5O2/c1-3-18-16-19-14-13(15(23)21(2)17(24)20-14)22(16)11-7-10-12-8-5-4-6-9-12/h4-6,8-9H,3,7,10-11H2,1-2H3,(H,18,19)(H,20,24). The van der Waals surface area contributed by atoms with Crippen molar-refractivity contribution >= 4 is 17.1 Å². The smallest absolute Gasteiger partial charge is 0.329 e. The van der Waals surface area contributed by atoms with Crippen LogP contribution in [0.3, 0.4) is 0 Å². The number of aromatic amines is 1. The highest BCUT2D eigenvalue weighted by Gasteiger charge is 2.16. The van der Waals surface area contributed by atoms with Crippen molar-refractivity contribution in [3.05, 3.63) is 56.7 Å². The average Bonchev–Trinajstić information content (AvgIpc) is 2.91. The molecule has 0 amide bonds. The second-order valence-corrected chi connectivity index (χ2v) is 5.70. The molecule has 3 rings (SSSR count). The lowest BCUT2D eigenvalue weighted by Crippen LogP contribution is -2.33. The summed E-state index contributed by atoms with van der Waals surface area (Å²) in [4.78, 5) is 31.3. The van der Waals surface area contributed by atoms with E-state index in [1.165, 1.54) is 12.6 Å². The molecule has 2 aromatic heterocycles. The van der Waals surface area contributed by atoms with Crippen LogP contribution in [-0.4, -0.2) is 25.6 Å². The zero-order valence-corrected chi connectivity index (χ0v) is 13.9. The number of hydrogen-bond donors (Lipinski definition) is 2. The Morgan fingerprint density at radius 2 is 1.96 bits per heavy atom. The Morgan fingerprint density at radius 3 is 2.67 bits per heavy atom. The molecule has 0 unspecified atom stereocenters. The van der Waals surface area contributed by atoms with Crippen LogP contribution in [0, 0.1) is 0 Å². The van der Waals surface area contributed by atoms with Gasteiger partial charge in [-0.1, -0.05) is 30.3 Å². The van der Waals surface area contributed by atoms with Crippen LogP contribution >= 0.6 is 0 Å². The SMILES string of the molecule is CCNc1nc2[nH]c(=O)n(C)c(=O)c2n1CCCc1ccccc1. The minimum Gasteiger partial charge on any atom is -0.356 e. The Kier molecular flexibility index (Phi) is 4.50. The third-order valence-electron chi connectivity index (χ3n) is 4.03. The first kappa shape index (κ1) is 16.0. The van der Waals surface area contributed by atoms with Crippen LogP contribution in [0.4, 0.5) is 5.95 Å². The molecular formula is C17H21N5O2. The van der Waals surface area contributed by atoms with Gasteiger partial charge in [-0.3, -0.25) is 14.3 Å². The van der Waals surface area contributed by atoms with Crippen LogP contribution in [0.1, 0.15) is 18.9 Å². The molecule has 0 atom stereocenters. The summed E-state index contributed by atoms with van der Waals surface area (Å²) in [7, 11) is 1.47. The van der Waals surface area contributed by atoms with Crippen LogP contribution in [0.25, 0.3) is 11.2 Å². The van der Waals surface area contributed by atoms with E-state index in [4.69, 9.17) is 0 Å². The monoisotopic (exact) mass is 327 g/mol. The summed E-state index contributed by atoms with van der Waals surface area (Å²) in [6.45, 7) is 3.30. The average molecular weight is 327 g/mol. The Balaban J connectivity index is 1.95. The number of benzene rings is 1. The van der Waals surface area contributed by atoms with E-state index < -0.39 is 5.69 Å². The van der Waals surface area contributed by atoms with E-state index in [-0.39, 0.29) is 5.56 Å². The molecule has 24 heavy (non-hydrogen) atoms. The molecule has 0 aliphatic rings. The van der Waals surface area contributed by atoms with Gasteiger partial charge in [-0.15, -0.1) is 0 Å². The van der Waals surface area contributed by atoms with Crippen molar-refractivity contribution in [2.24, 2.45) is 7.05 Å². The van der Waals surface area contributed by atoms with Gasteiger partial charge in [-0.2, -0.15) is 4.98 Å². The molecule has 7 nitrogen and oxygen atoms in total. The number of fused-ring (bicyclic) bond motifs is 1. The van der Waals surface area contributed by atoms with Crippen molar-refractivity contribution in [3.8, 4) is 0 Å². The van der Waals surface area contributed by atoms with Crippen LogP contribution < -0.4 is 16.6 Å². The molecular weight excluding hydrogens is 306 g/mol. The fourth-order valence-electron chi connectivity index (χ4n) is 2.79. The maximum Gasteiger partial charge on any atom is 0.329 e. The van der Waals surface area contributed by atoms with E-state index in [9.17, 15) is 9.59 Å². The predicted octanol–water partition coefficient (Wildman–Crippen LogP) is 1.49. The summed E-state index contributed by atoms with van der Waals surface area (Å²) in [5, 5.41) is 3.16. The molecule has 1 aromatic carbocycles. The van der Waals surface area contributed by atoms with Gasteiger partial charge in [0, 0.05) is 20.1 Å². The van der Waals surface area contributed by atoms with Crippen LogP contribution in [0.5, 0.6) is 0 Å². The number of rotatable bonds is 6. The molecule has 0 radical (unpaired) electrons. The van der Waals surface area contributed by atoms with Crippen LogP contribution in [-0.2, 0) is 20.0 Å². The van der Waals surface area contributed by atoms with Crippen molar-refractivity contribution in [3.63, 3.8) is 0 Å². The van der Waals surface area contributed by atoms with Crippen LogP contribution in [0.15, 0.2) is 39.9 Å². The van der Waals surface area contributed by atoms with Gasteiger partial charge in [0.05, 0.1) is 0 Å². The largest absolute Gasteiger partial charge is 0.356 e. The van der Waals surface area contributed by atoms with E-state index in [2.05, 4.69) is 27.4 Å². The van der Waals surface area contributed by atoms with Crippen molar-refractivity contribution in [1.82, 2.24) is 19.1 Å². The fraction of sp³-hybridized carbons (Fsp3) is 0.353. The minimum atomic E-state index is -0.454. The molecule has 126 valence electrons. The van der Waals surface area contributed by atoms with Gasteiger partial charge in [-0.05, 0) is 25.3 Å². The second kappa shape index (κ2) is 6.74. The molecule has 2 N–H and O–H groups in total. The van der Waals surface area contributed by atoms with Crippen molar-refractivity contribution in [2.75, 3.05) is 11.9 Å². The summed E-state index contributed by atoms with van der Waals surface area (Å²) in [6.07, 6.45) is 1.78. The summed E-state index contributed by atoms with van der Waals surface area (Å²) in [5.74, 6) is 0.611. The normalized spacial score (nSPS) is 11.1. The summed E-state index contributed by atoms with van der Waals surface area (Å²) in [6, 6.07) is 10.2. The van der Waals surface area contributed by atoms with E-state index in [0.29, 0.717) is 30.2 Å². The highest BCUT2D eigenvalue weighted by atomic mass is 16.2. The molecule has 0 aliphatic heterocycles. The van der Waals surface area contributed by atoms with E-state index in [0.717, 1.165) is 17.4 Å². The zero-order chi connectivity index (χ0) is 17.1. The number of aryl methyl sites for hydroxylation is 2. The highest BCUT2D eigenvalue weighted by Crippen LogP contribution is 2.15. The molecule has 0 saturated heterocycles. The Labute approximate surface area is 139 Å². The lowest BCUT2D eigenvalue weighted by atomic mass is 10.1. The first-order valence-electron chi connectivity index (χ1n) is 8.09. The Morgan fingerprint density at radius 1 is 1.21 bits per heavy atom. The molecule has 0 spiro atoms. The van der Waals surface area contributed by atoms with Gasteiger partial charge in [0.15, 0.2) is 11.2 Å². The number of anilines is 1. The Hall–Kier alpha value is -2.83. The molecule has 2 heterocycles. The quantitative estimate of drug-likeness (QED) is 0.718. The highest BCUT2D eigenvalue weighted by molar-refractivity contribution is 5.73. The van der Waals surface area contributed by atoms with Gasteiger partial charge >= 0.3 is 5.69 Å². The first-order valence-corrected chi connectivity index (χ1v) is 8.09. The van der Waals surface area contributed by atoms with Crippen molar-refractivity contribution < 1.29 is 0 Å². The first-order chi connectivity index (χ1) is 11.6. The molecule has 0 aliphatic carbocycles. The number of nitrogens with zero attached hydrogens (tertiary/aromatic N) is 3. The van der Waals surface area contributed by atoms with Gasteiger partial charge in [-0.25, -0.2) is 4.79 Å². The van der Waals surface area contributed by atoms with Crippen molar-refractivity contribution in [1.29, 1.82) is 0 Å². The summed E-state index contributed by atoms with van der Waals surface area (Å²) < 4.78 is 2.94. The number of aromatic nitrogens is 4. The third kappa shape index (κ3) is 2.97. The third-order valence-corrected chi connectivity index (χ3v) is 4.03. The van der Waals surface area contributed by atoms with Gasteiger partial charge in [0.25, 0.3) is 5.56 Å². The maximum absolute atomic E-state index is 12.5. The number of hydrogen-bond acceptors (Lipinski definition) is 4. The minimum absolute atomic E-state index is 0.329. The number of imidazole rings is 1. The van der Waals surface area contributed by atoms with Gasteiger partial charge in [0.1, 0.15) is 0 Å². The lowest BCUT2D eigenvalue weighted by molar-refractivity contribution is 0.655. The maximum atomic E-state index is 12.5. The molecule has 3 aromatic rings. The topological polar surface area (TPSA) is 84.7 Å². The molecule has 0 bridgehead atoms. The summed E-state index contributed by atoms with van der Waals surface area (Å²) >= 11 is 0. The predicted molar refractivity (Wildman–Crippen MR) is 94.5 cm³/mol. The second-order valence-electron chi connectivity index (χ2n) is 5.70. The van der Waals surface area contributed by atoms with Gasteiger partial charge in [0.2, 0.25) is 5.95 Å². The van der Waals surface area contributed by atoms with E-state index in [1.54, 1.807) is 0 Å². The lowest BCUT2D eigenvalue weighted by Gasteiger charge is -2.09. The van der Waals surface area contributed by atoms with E-state index >= 15 is 0 Å². The fourth-order valence-corrected chi connectivity index (χ4v) is 2.79. The molecule has 0 saturated carbocycles.